The Labute approximate surface area is 204 Å². The van der Waals surface area contributed by atoms with Crippen molar-refractivity contribution in [1.82, 2.24) is 15.3 Å². The predicted molar refractivity (Wildman–Crippen MR) is 128 cm³/mol. The van der Waals surface area contributed by atoms with Gasteiger partial charge in [-0.2, -0.15) is 0 Å². The third-order valence-electron chi connectivity index (χ3n) is 6.55. The molecular formula is C24H26F2N6O4. The molecule has 10 nitrogen and oxygen atoms in total. The number of hydrogen-bond donors (Lipinski definition) is 5. The number of ketones is 1. The Morgan fingerprint density at radius 3 is 2.50 bits per heavy atom. The molecule has 7 N–H and O–H groups in total. The van der Waals surface area contributed by atoms with Crippen LogP contribution in [0.3, 0.4) is 0 Å². The average Bonchev–Trinajstić information content (AvgIpc) is 3.33. The van der Waals surface area contributed by atoms with Gasteiger partial charge in [-0.3, -0.25) is 20.2 Å². The van der Waals surface area contributed by atoms with Crippen molar-refractivity contribution >= 4 is 34.3 Å². The zero-order chi connectivity index (χ0) is 26.4. The zero-order valence-corrected chi connectivity index (χ0v) is 19.9. The van der Waals surface area contributed by atoms with Crippen LogP contribution in [-0.4, -0.2) is 33.6 Å². The first kappa shape index (κ1) is 24.9. The van der Waals surface area contributed by atoms with Crippen molar-refractivity contribution in [3.63, 3.8) is 0 Å². The summed E-state index contributed by atoms with van der Waals surface area (Å²) in [7, 11) is 1.59. The fraction of sp³-hybridized carbons (Fsp3) is 0.292. The number of aromatic nitrogens is 1. The minimum atomic E-state index is -3.05. The van der Waals surface area contributed by atoms with Crippen molar-refractivity contribution < 1.29 is 27.6 Å². The van der Waals surface area contributed by atoms with E-state index in [4.69, 9.17) is 16.0 Å². The molecule has 12 heteroatoms. The number of amides is 2. The number of rotatable bonds is 7. The molecule has 0 radical (unpaired) electrons. The maximum Gasteiger partial charge on any atom is 0.293 e. The summed E-state index contributed by atoms with van der Waals surface area (Å²) in [5.41, 5.74) is 8.26. The zero-order valence-electron chi connectivity index (χ0n) is 19.9. The topological polar surface area (TPSA) is 157 Å². The fourth-order valence-corrected chi connectivity index (χ4v) is 4.68. The second-order valence-corrected chi connectivity index (χ2v) is 8.96. The summed E-state index contributed by atoms with van der Waals surface area (Å²) in [5, 5.41) is 5.94. The van der Waals surface area contributed by atoms with Gasteiger partial charge in [0.25, 0.3) is 23.5 Å². The minimum absolute atomic E-state index is 0.00571. The maximum atomic E-state index is 13.7. The molecule has 1 aliphatic rings. The maximum absolute atomic E-state index is 13.7. The largest absolute Gasteiger partial charge is 0.464 e. The lowest BCUT2D eigenvalue weighted by molar-refractivity contribution is -0.137. The number of nitrogens with one attached hydrogen (secondary N) is 3. The van der Waals surface area contributed by atoms with Gasteiger partial charge in [0.05, 0.1) is 23.1 Å². The van der Waals surface area contributed by atoms with E-state index < -0.39 is 41.9 Å². The fourth-order valence-electron chi connectivity index (χ4n) is 4.68. The number of Topliss-reactive ketones (excluding diaryl/α,β-unsaturated/α-hetero) is 1. The highest BCUT2D eigenvalue weighted by Gasteiger charge is 2.59. The van der Waals surface area contributed by atoms with Crippen LogP contribution in [0.15, 0.2) is 46.8 Å². The molecule has 2 amide bonds. The molecule has 0 spiro atoms. The number of alkyl halides is 2. The molecule has 0 saturated heterocycles. The van der Waals surface area contributed by atoms with Gasteiger partial charge in [0, 0.05) is 42.9 Å². The number of fused-ring (bicyclic) bond motifs is 1. The van der Waals surface area contributed by atoms with E-state index in [1.165, 1.54) is 10.8 Å². The summed E-state index contributed by atoms with van der Waals surface area (Å²) in [6, 6.07) is 6.89. The van der Waals surface area contributed by atoms with Crippen LogP contribution in [0, 0.1) is 13.8 Å². The Bertz CT molecular complexity index is 1410. The molecule has 4 rings (SSSR count). The third kappa shape index (κ3) is 4.19. The normalized spacial score (nSPS) is 16.3. The number of carbonyl (C=O) groups is 3. The summed E-state index contributed by atoms with van der Waals surface area (Å²) in [5.74, 6) is -0.426. The summed E-state index contributed by atoms with van der Waals surface area (Å²) >= 11 is 0. The van der Waals surface area contributed by atoms with Crippen LogP contribution in [0.25, 0.3) is 11.0 Å². The first-order chi connectivity index (χ1) is 16.9. The molecule has 2 aromatic heterocycles. The van der Waals surface area contributed by atoms with Crippen molar-refractivity contribution in [3.05, 3.63) is 64.9 Å². The van der Waals surface area contributed by atoms with E-state index in [0.29, 0.717) is 17.0 Å². The predicted octanol–water partition coefficient (Wildman–Crippen LogP) is 2.37. The number of hydrazine groups is 1. The Morgan fingerprint density at radius 1 is 1.17 bits per heavy atom. The molecule has 3 aromatic rings. The van der Waals surface area contributed by atoms with Crippen LogP contribution in [0.2, 0.25) is 0 Å². The second kappa shape index (κ2) is 8.79. The molecule has 36 heavy (non-hydrogen) atoms. The average molecular weight is 501 g/mol. The van der Waals surface area contributed by atoms with Gasteiger partial charge in [0.1, 0.15) is 11.3 Å². The van der Waals surface area contributed by atoms with Gasteiger partial charge in [-0.15, -0.1) is 0 Å². The highest BCUT2D eigenvalue weighted by molar-refractivity contribution is 6.44. The summed E-state index contributed by atoms with van der Waals surface area (Å²) in [6.07, 6.45) is 1.08. The van der Waals surface area contributed by atoms with Crippen LogP contribution < -0.4 is 27.6 Å². The lowest BCUT2D eigenvalue weighted by atomic mass is 9.71. The van der Waals surface area contributed by atoms with E-state index in [9.17, 15) is 23.2 Å². The first-order valence-electron chi connectivity index (χ1n) is 11.0. The molecule has 190 valence electrons. The molecule has 1 saturated carbocycles. The van der Waals surface area contributed by atoms with E-state index in [0.717, 1.165) is 11.6 Å². The molecule has 0 unspecified atom stereocenters. The van der Waals surface area contributed by atoms with Crippen molar-refractivity contribution in [2.45, 2.75) is 38.2 Å². The van der Waals surface area contributed by atoms with Gasteiger partial charge in [0.15, 0.2) is 0 Å². The van der Waals surface area contributed by atoms with E-state index in [2.05, 4.69) is 16.1 Å². The summed E-state index contributed by atoms with van der Waals surface area (Å²) < 4.78 is 34.2. The van der Waals surface area contributed by atoms with Crippen molar-refractivity contribution in [2.75, 3.05) is 5.32 Å². The number of nitrogens with zero attached hydrogens (tertiary/aromatic N) is 1. The molecule has 0 aliphatic heterocycles. The number of benzene rings is 1. The molecule has 2 heterocycles. The van der Waals surface area contributed by atoms with Crippen molar-refractivity contribution in [1.29, 1.82) is 0 Å². The molecular weight excluding hydrogens is 474 g/mol. The van der Waals surface area contributed by atoms with Gasteiger partial charge in [0.2, 0.25) is 0 Å². The van der Waals surface area contributed by atoms with Gasteiger partial charge < -0.3 is 30.8 Å². The number of furan rings is 1. The third-order valence-corrected chi connectivity index (χ3v) is 6.55. The minimum Gasteiger partial charge on any atom is -0.464 e. The molecule has 0 bridgehead atoms. The van der Waals surface area contributed by atoms with Crippen LogP contribution in [0.4, 0.5) is 14.5 Å². The van der Waals surface area contributed by atoms with Crippen molar-refractivity contribution in [3.8, 4) is 0 Å². The highest BCUT2D eigenvalue weighted by Crippen LogP contribution is 2.48. The van der Waals surface area contributed by atoms with E-state index in [1.807, 2.05) is 0 Å². The van der Waals surface area contributed by atoms with E-state index in [-0.39, 0.29) is 22.5 Å². The Morgan fingerprint density at radius 2 is 1.86 bits per heavy atom. The lowest BCUT2D eigenvalue weighted by Crippen LogP contribution is -2.65. The number of anilines is 1. The summed E-state index contributed by atoms with van der Waals surface area (Å²) in [4.78, 5) is 39.2. The quantitative estimate of drug-likeness (QED) is 0.144. The first-order valence-corrected chi connectivity index (χ1v) is 11.0. The molecule has 0 atom stereocenters. The Kier molecular flexibility index (Phi) is 6.08. The van der Waals surface area contributed by atoms with E-state index in [1.54, 1.807) is 45.2 Å². The van der Waals surface area contributed by atoms with Crippen LogP contribution in [-0.2, 0) is 11.8 Å². The Hall–Kier alpha value is -4.19. The van der Waals surface area contributed by atoms with Gasteiger partial charge in [-0.05, 0) is 43.7 Å². The van der Waals surface area contributed by atoms with Crippen LogP contribution in [0.1, 0.15) is 44.9 Å². The van der Waals surface area contributed by atoms with Crippen molar-refractivity contribution in [2.24, 2.45) is 18.6 Å². The number of hydrogen-bond acceptors (Lipinski definition) is 7. The lowest BCUT2D eigenvalue weighted by Gasteiger charge is -2.47. The monoisotopic (exact) mass is 500 g/mol. The van der Waals surface area contributed by atoms with Gasteiger partial charge in [-0.1, -0.05) is 0 Å². The smallest absolute Gasteiger partial charge is 0.293 e. The van der Waals surface area contributed by atoms with Crippen LogP contribution >= 0.6 is 0 Å². The van der Waals surface area contributed by atoms with Gasteiger partial charge in [-0.25, -0.2) is 8.78 Å². The van der Waals surface area contributed by atoms with E-state index >= 15 is 0 Å². The van der Waals surface area contributed by atoms with Crippen LogP contribution in [0.5, 0.6) is 0 Å². The number of nitrogens with two attached hydrogens (primary N) is 2. The van der Waals surface area contributed by atoms with Gasteiger partial charge >= 0.3 is 0 Å². The molecule has 1 aliphatic carbocycles. The second-order valence-electron chi connectivity index (χ2n) is 8.96. The Balaban J connectivity index is 1.59. The summed E-state index contributed by atoms with van der Waals surface area (Å²) in [6.45, 7) is 3.13. The molecule has 1 fully saturated rings. The number of halogens is 2. The number of carbonyl (C=O) groups excluding carboxylic acids is 3. The molecule has 1 aromatic carbocycles. The SMILES string of the molecule is Cc1c(C(=O)C(=O)NC2(/C(N)=C/NN)CC(F)(F)C2)c(C)n(C)c1C(=O)Nc1ccc2occc2c1. The standard InChI is InChI=1S/C24H26F2N6O4/c1-12-18(20(33)22(35)31-23(17(27)9-29-28)10-24(25,26)11-23)13(2)32(3)19(12)21(34)30-15-4-5-16-14(8-15)6-7-36-16/h4-9,29H,10-11,27-28H2,1-3H3,(H,30,34)(H,31,35)/b17-9-. The highest BCUT2D eigenvalue weighted by atomic mass is 19.3.